The van der Waals surface area contributed by atoms with E-state index in [1.807, 2.05) is 18.2 Å². The molecule has 3 aromatic heterocycles. The summed E-state index contributed by atoms with van der Waals surface area (Å²) < 4.78 is 2.71. The van der Waals surface area contributed by atoms with Crippen LogP contribution in [0.1, 0.15) is 11.3 Å². The number of thiazole rings is 1. The van der Waals surface area contributed by atoms with E-state index in [0.717, 1.165) is 0 Å². The van der Waals surface area contributed by atoms with Gasteiger partial charge in [0.1, 0.15) is 0 Å². The minimum Gasteiger partial charge on any atom is -0.415 e. The molecule has 8 nitrogen and oxygen atoms in total. The highest BCUT2D eigenvalue weighted by Crippen LogP contribution is 2.30. The zero-order chi connectivity index (χ0) is 21.4. The Morgan fingerprint density at radius 2 is 2.07 bits per heavy atom. The normalized spacial score (nSPS) is 10.9. The first-order valence-electron chi connectivity index (χ1n) is 9.02. The maximum absolute atomic E-state index is 12.6. The fraction of sp³-hybridized carbons (Fsp3) is 0.0952. The first-order chi connectivity index (χ1) is 14.4. The monoisotopic (exact) mass is 421 g/mol. The molecule has 30 heavy (non-hydrogen) atoms. The first kappa shape index (κ1) is 19.6. The summed E-state index contributed by atoms with van der Waals surface area (Å²) in [6, 6.07) is 9.81. The Balaban J connectivity index is 1.88. The van der Waals surface area contributed by atoms with Crippen LogP contribution in [0.15, 0.2) is 60.4 Å². The average Bonchev–Trinajstić information content (AvgIpc) is 3.36. The average molecular weight is 421 g/mol. The van der Waals surface area contributed by atoms with E-state index in [0.29, 0.717) is 27.0 Å². The third-order valence-corrected chi connectivity index (χ3v) is 5.64. The number of amides is 2. The summed E-state index contributed by atoms with van der Waals surface area (Å²) in [5.74, 6) is 0. The number of para-hydroxylation sites is 1. The predicted molar refractivity (Wildman–Crippen MR) is 110 cm³/mol. The van der Waals surface area contributed by atoms with Crippen LogP contribution >= 0.6 is 11.3 Å². The molecule has 0 radical (unpaired) electrons. The summed E-state index contributed by atoms with van der Waals surface area (Å²) in [6.45, 7) is 0. The second-order valence-corrected chi connectivity index (χ2v) is 7.66. The van der Waals surface area contributed by atoms with Crippen molar-refractivity contribution >= 4 is 34.3 Å². The van der Waals surface area contributed by atoms with E-state index < -0.39 is 6.03 Å². The largest absolute Gasteiger partial charge is 0.442 e. The van der Waals surface area contributed by atoms with Gasteiger partial charge in [0, 0.05) is 23.5 Å². The summed E-state index contributed by atoms with van der Waals surface area (Å²) >= 11 is 1.26. The molecular weight excluding hydrogens is 402 g/mol. The number of benzene rings is 1. The van der Waals surface area contributed by atoms with Gasteiger partial charge in [-0.1, -0.05) is 18.2 Å². The summed E-state index contributed by atoms with van der Waals surface area (Å²) in [5.41, 5.74) is 7.65. The quantitative estimate of drug-likeness (QED) is 0.300. The molecule has 1 aromatic carbocycles. The van der Waals surface area contributed by atoms with Crippen LogP contribution in [0.4, 0.5) is 9.59 Å². The van der Waals surface area contributed by atoms with Gasteiger partial charge in [-0.25, -0.2) is 9.59 Å². The van der Waals surface area contributed by atoms with Crippen LogP contribution < -0.4 is 14.9 Å². The minimum absolute atomic E-state index is 0.151. The zero-order valence-corrected chi connectivity index (χ0v) is 17.1. The molecule has 4 rings (SSSR count). The lowest BCUT2D eigenvalue weighted by atomic mass is 10.1. The number of aromatic nitrogens is 3. The van der Waals surface area contributed by atoms with Crippen molar-refractivity contribution in [3.63, 3.8) is 0 Å². The highest BCUT2D eigenvalue weighted by atomic mass is 32.1. The minimum atomic E-state index is -0.732. The van der Waals surface area contributed by atoms with Crippen LogP contribution in [0.3, 0.4) is 0 Å². The number of carbonyl (C=O) groups excluding carboxylic acids is 2. The molecule has 0 fully saturated rings. The third-order valence-electron chi connectivity index (χ3n) is 4.65. The molecule has 0 saturated heterocycles. The Morgan fingerprint density at radius 1 is 1.27 bits per heavy atom. The van der Waals surface area contributed by atoms with E-state index >= 15 is 0 Å². The molecule has 0 aliphatic carbocycles. The molecule has 0 aliphatic heterocycles. The number of aliphatic hydroxyl groups is 1. The summed E-state index contributed by atoms with van der Waals surface area (Å²) in [4.78, 5) is 30.4. The summed E-state index contributed by atoms with van der Waals surface area (Å²) in [6.07, 6.45) is 4.66. The van der Waals surface area contributed by atoms with Gasteiger partial charge in [-0.05, 0) is 12.3 Å². The van der Waals surface area contributed by atoms with Crippen molar-refractivity contribution in [1.29, 1.82) is 0 Å². The van der Waals surface area contributed by atoms with Crippen LogP contribution in [0.25, 0.3) is 21.5 Å². The highest BCUT2D eigenvalue weighted by Gasteiger charge is 2.29. The van der Waals surface area contributed by atoms with Gasteiger partial charge in [0.15, 0.2) is 16.7 Å². The van der Waals surface area contributed by atoms with Crippen LogP contribution in [-0.2, 0) is 0 Å². The Bertz CT molecular complexity index is 1250. The van der Waals surface area contributed by atoms with E-state index in [1.165, 1.54) is 25.4 Å². The number of rotatable bonds is 3. The number of aliphatic hydroxyl groups excluding tert-OH is 1. The second-order valence-electron chi connectivity index (χ2n) is 6.80. The lowest BCUT2D eigenvalue weighted by Crippen LogP contribution is -2.51. The maximum Gasteiger partial charge on any atom is 0.442 e. The second kappa shape index (κ2) is 7.62. The summed E-state index contributed by atoms with van der Waals surface area (Å²) in [7, 11) is 3.31. The van der Waals surface area contributed by atoms with Crippen molar-refractivity contribution in [1.82, 2.24) is 9.88 Å². The van der Waals surface area contributed by atoms with Crippen molar-refractivity contribution in [2.75, 3.05) is 14.1 Å². The van der Waals surface area contributed by atoms with Crippen LogP contribution in [0.2, 0.25) is 0 Å². The molecule has 0 saturated carbocycles. The van der Waals surface area contributed by atoms with E-state index in [2.05, 4.69) is 4.98 Å². The Morgan fingerprint density at radius 3 is 2.73 bits per heavy atom. The van der Waals surface area contributed by atoms with Gasteiger partial charge in [0.05, 0.1) is 19.8 Å². The number of nitrogens with two attached hydrogens (primary N) is 1. The van der Waals surface area contributed by atoms with Crippen LogP contribution in [0, 0.1) is 6.10 Å². The molecule has 4 aromatic rings. The topological polar surface area (TPSA) is 104 Å². The lowest BCUT2D eigenvalue weighted by Gasteiger charge is -2.16. The fourth-order valence-corrected chi connectivity index (χ4v) is 4.26. The summed E-state index contributed by atoms with van der Waals surface area (Å²) in [5, 5.41) is 14.0. The molecule has 9 heteroatoms. The van der Waals surface area contributed by atoms with Gasteiger partial charge in [-0.3, -0.25) is 20.2 Å². The van der Waals surface area contributed by atoms with E-state index in [-0.39, 0.29) is 17.8 Å². The number of hydrogen-bond acceptors (Lipinski definition) is 4. The number of hydrogen-bond donors (Lipinski definition) is 2. The van der Waals surface area contributed by atoms with E-state index in [4.69, 9.17) is 5.73 Å². The third kappa shape index (κ3) is 3.19. The van der Waals surface area contributed by atoms with Crippen molar-refractivity contribution in [3.8, 4) is 10.6 Å². The number of primary amides is 1. The molecule has 0 unspecified atom stereocenters. The number of carbonyl (C=O) groups is 2. The molecule has 2 amide bonds. The molecule has 3 heterocycles. The van der Waals surface area contributed by atoms with Gasteiger partial charge in [0.2, 0.25) is 0 Å². The maximum atomic E-state index is 12.6. The van der Waals surface area contributed by atoms with Crippen molar-refractivity contribution in [2.24, 2.45) is 5.73 Å². The van der Waals surface area contributed by atoms with Gasteiger partial charge in [0.25, 0.3) is 0 Å². The van der Waals surface area contributed by atoms with Crippen molar-refractivity contribution in [3.05, 3.63) is 77.7 Å². The molecule has 0 atom stereocenters. The molecule has 152 valence electrons. The predicted octanol–water partition coefficient (Wildman–Crippen LogP) is 2.01. The fourth-order valence-electron chi connectivity index (χ4n) is 3.27. The van der Waals surface area contributed by atoms with Gasteiger partial charge >= 0.3 is 17.1 Å². The van der Waals surface area contributed by atoms with Gasteiger partial charge in [-0.15, -0.1) is 23.1 Å². The highest BCUT2D eigenvalue weighted by molar-refractivity contribution is 7.12. The SMILES string of the molecule is CN(C)C(=O)[n+]1cc([C-](O)c2c[s+][c-](-c3cccnc3)[n+]2C(N)=O)c2cccc[c-]21. The molecule has 0 spiro atoms. The molecule has 3 N–H and O–H groups in total. The van der Waals surface area contributed by atoms with E-state index in [1.54, 1.807) is 56.3 Å². The first-order valence-corrected chi connectivity index (χ1v) is 9.90. The van der Waals surface area contributed by atoms with Crippen LogP contribution in [0.5, 0.6) is 0 Å². The van der Waals surface area contributed by atoms with Crippen molar-refractivity contribution < 1.29 is 23.8 Å². The van der Waals surface area contributed by atoms with Crippen molar-refractivity contribution in [2.45, 2.75) is 0 Å². The molecule has 0 bridgehead atoms. The van der Waals surface area contributed by atoms with E-state index in [9.17, 15) is 14.7 Å². The zero-order valence-electron chi connectivity index (χ0n) is 16.3. The molecular formula is C21H19N5O3S. The number of fused-ring (bicyclic) bond motifs is 1. The van der Waals surface area contributed by atoms with Gasteiger partial charge in [-0.2, -0.15) is 10.6 Å². The number of pyridine rings is 1. The smallest absolute Gasteiger partial charge is 0.415 e. The van der Waals surface area contributed by atoms with Gasteiger partial charge < -0.3 is 5.11 Å². The Labute approximate surface area is 176 Å². The standard InChI is InChI=1S/C21H19N5O3S/c1-24(2)21(29)25-11-15(14-7-3-4-8-16(14)25)18(27)17-12-30-19(26(17)20(22)28)13-6-5-9-23-10-13/h3-12,27H,1-2H3,(H2,22,28). The molecule has 0 aliphatic rings. The lowest BCUT2D eigenvalue weighted by molar-refractivity contribution is -0.561. The Kier molecular flexibility index (Phi) is 4.98. The van der Waals surface area contributed by atoms with Crippen LogP contribution in [-0.4, -0.2) is 41.1 Å². The number of nitrogens with zero attached hydrogens (tertiary/aromatic N) is 4. The Hall–Kier alpha value is -3.69.